The van der Waals surface area contributed by atoms with Gasteiger partial charge >= 0.3 is 0 Å². The van der Waals surface area contributed by atoms with E-state index in [9.17, 15) is 5.11 Å². The van der Waals surface area contributed by atoms with Crippen LogP contribution < -0.4 is 15.9 Å². The van der Waals surface area contributed by atoms with Crippen molar-refractivity contribution in [3.05, 3.63) is 23.8 Å². The van der Waals surface area contributed by atoms with Crippen molar-refractivity contribution in [1.29, 1.82) is 0 Å². The molecule has 1 aromatic carbocycles. The number of hydrogen-bond donors (Lipinski definition) is 3. The molecule has 8 nitrogen and oxygen atoms in total. The van der Waals surface area contributed by atoms with Crippen LogP contribution >= 0.6 is 0 Å². The van der Waals surface area contributed by atoms with E-state index in [2.05, 4.69) is 25.5 Å². The van der Waals surface area contributed by atoms with Gasteiger partial charge in [0.05, 0.1) is 13.3 Å². The number of hydrogen-bond acceptors (Lipinski definition) is 8. The van der Waals surface area contributed by atoms with Crippen LogP contribution in [0.15, 0.2) is 27.9 Å². The van der Waals surface area contributed by atoms with E-state index in [0.29, 0.717) is 5.75 Å². The molecule has 4 N–H and O–H groups in total. The van der Waals surface area contributed by atoms with Gasteiger partial charge in [-0.05, 0) is 34.1 Å². The molecule has 18 heavy (non-hydrogen) atoms. The molecule has 0 saturated carbocycles. The first kappa shape index (κ1) is 11.7. The Bertz CT molecular complexity index is 566. The lowest BCUT2D eigenvalue weighted by Crippen LogP contribution is -1.95. The molecule has 0 aliphatic carbocycles. The second-order valence-corrected chi connectivity index (χ2v) is 3.30. The highest BCUT2D eigenvalue weighted by molar-refractivity contribution is 5.81. The maximum atomic E-state index is 9.41. The van der Waals surface area contributed by atoms with Crippen LogP contribution in [-0.2, 0) is 0 Å². The van der Waals surface area contributed by atoms with Crippen molar-refractivity contribution in [2.75, 3.05) is 18.3 Å². The second-order valence-electron chi connectivity index (χ2n) is 3.30. The lowest BCUT2D eigenvalue weighted by Gasteiger charge is -2.03. The first-order chi connectivity index (χ1) is 8.70. The van der Waals surface area contributed by atoms with Crippen LogP contribution in [0.4, 0.5) is 11.6 Å². The monoisotopic (exact) mass is 249 g/mol. The molecular weight excluding hydrogens is 238 g/mol. The van der Waals surface area contributed by atoms with E-state index in [-0.39, 0.29) is 17.4 Å². The molecule has 1 aromatic heterocycles. The molecule has 0 fully saturated rings. The molecule has 2 aromatic rings. The predicted molar refractivity (Wildman–Crippen MR) is 64.6 cm³/mol. The average molecular weight is 249 g/mol. The Kier molecular flexibility index (Phi) is 3.28. The number of rotatable bonds is 4. The lowest BCUT2D eigenvalue weighted by atomic mass is 10.2. The SMILES string of the molecule is COc1cc(/C=N/Nc2nonc2N)ccc1O. The summed E-state index contributed by atoms with van der Waals surface area (Å²) in [4.78, 5) is 0. The third-order valence-electron chi connectivity index (χ3n) is 2.10. The van der Waals surface area contributed by atoms with E-state index >= 15 is 0 Å². The number of hydrazone groups is 1. The summed E-state index contributed by atoms with van der Waals surface area (Å²) in [6.07, 6.45) is 1.51. The van der Waals surface area contributed by atoms with E-state index in [1.165, 1.54) is 19.4 Å². The van der Waals surface area contributed by atoms with E-state index in [4.69, 9.17) is 10.5 Å². The number of nitrogens with one attached hydrogen (secondary N) is 1. The van der Waals surface area contributed by atoms with Crippen LogP contribution in [0.1, 0.15) is 5.56 Å². The molecule has 0 saturated heterocycles. The Labute approximate surface area is 102 Å². The fourth-order valence-electron chi connectivity index (χ4n) is 1.22. The quantitative estimate of drug-likeness (QED) is 0.541. The molecule has 0 bridgehead atoms. The highest BCUT2D eigenvalue weighted by Crippen LogP contribution is 2.25. The van der Waals surface area contributed by atoms with Crippen molar-refractivity contribution < 1.29 is 14.5 Å². The zero-order valence-corrected chi connectivity index (χ0v) is 9.49. The molecule has 0 spiro atoms. The Balaban J connectivity index is 2.07. The molecule has 0 unspecified atom stereocenters. The fraction of sp³-hybridized carbons (Fsp3) is 0.100. The van der Waals surface area contributed by atoms with Crippen molar-refractivity contribution in [3.8, 4) is 11.5 Å². The first-order valence-corrected chi connectivity index (χ1v) is 4.95. The van der Waals surface area contributed by atoms with E-state index in [0.717, 1.165) is 5.56 Å². The molecule has 1 heterocycles. The van der Waals surface area contributed by atoms with Crippen LogP contribution in [0.5, 0.6) is 11.5 Å². The Morgan fingerprint density at radius 2 is 2.33 bits per heavy atom. The molecule has 0 radical (unpaired) electrons. The highest BCUT2D eigenvalue weighted by Gasteiger charge is 2.03. The van der Waals surface area contributed by atoms with Gasteiger partial charge in [0, 0.05) is 0 Å². The van der Waals surface area contributed by atoms with Gasteiger partial charge < -0.3 is 15.6 Å². The van der Waals surface area contributed by atoms with Crippen molar-refractivity contribution in [1.82, 2.24) is 10.3 Å². The number of benzene rings is 1. The summed E-state index contributed by atoms with van der Waals surface area (Å²) in [5, 5.41) is 20.2. The summed E-state index contributed by atoms with van der Waals surface area (Å²) in [6.45, 7) is 0. The molecule has 8 heteroatoms. The van der Waals surface area contributed by atoms with E-state index in [1.54, 1.807) is 12.1 Å². The number of anilines is 2. The number of phenols is 1. The third kappa shape index (κ3) is 2.48. The van der Waals surface area contributed by atoms with Gasteiger partial charge in [0.2, 0.25) is 11.6 Å². The summed E-state index contributed by atoms with van der Waals surface area (Å²) in [5.74, 6) is 0.779. The third-order valence-corrected chi connectivity index (χ3v) is 2.10. The number of aromatic nitrogens is 2. The minimum atomic E-state index is 0.0626. The van der Waals surface area contributed by atoms with Crippen LogP contribution in [0.25, 0.3) is 0 Å². The fourth-order valence-corrected chi connectivity index (χ4v) is 1.22. The zero-order chi connectivity index (χ0) is 13.0. The average Bonchev–Trinajstić information content (AvgIpc) is 2.77. The number of nitrogens with zero attached hydrogens (tertiary/aromatic N) is 3. The lowest BCUT2D eigenvalue weighted by molar-refractivity contribution is 0.310. The molecule has 0 aliphatic heterocycles. The molecule has 94 valence electrons. The summed E-state index contributed by atoms with van der Waals surface area (Å²) < 4.78 is 9.35. The van der Waals surface area contributed by atoms with Crippen LogP contribution in [0.2, 0.25) is 0 Å². The maximum absolute atomic E-state index is 9.41. The molecule has 0 amide bonds. The Morgan fingerprint density at radius 3 is 3.00 bits per heavy atom. The van der Waals surface area contributed by atoms with E-state index < -0.39 is 0 Å². The first-order valence-electron chi connectivity index (χ1n) is 4.95. The molecule has 0 aliphatic rings. The summed E-state index contributed by atoms with van der Waals surface area (Å²) in [5.41, 5.74) is 8.72. The van der Waals surface area contributed by atoms with Gasteiger partial charge in [-0.25, -0.2) is 4.63 Å². The Morgan fingerprint density at radius 1 is 1.50 bits per heavy atom. The van der Waals surface area contributed by atoms with Crippen molar-refractivity contribution in [2.45, 2.75) is 0 Å². The molecular formula is C10H11N5O3. The zero-order valence-electron chi connectivity index (χ0n) is 9.49. The van der Waals surface area contributed by atoms with Crippen molar-refractivity contribution in [2.24, 2.45) is 5.10 Å². The highest BCUT2D eigenvalue weighted by atomic mass is 16.6. The van der Waals surface area contributed by atoms with Gasteiger partial charge in [-0.15, -0.1) is 0 Å². The van der Waals surface area contributed by atoms with Gasteiger partial charge in [-0.3, -0.25) is 5.43 Å². The van der Waals surface area contributed by atoms with E-state index in [1.807, 2.05) is 0 Å². The van der Waals surface area contributed by atoms with Crippen molar-refractivity contribution in [3.63, 3.8) is 0 Å². The maximum Gasteiger partial charge on any atom is 0.235 e. The predicted octanol–water partition coefficient (Wildman–Crippen LogP) is 0.812. The normalized spacial score (nSPS) is 10.7. The molecule has 0 atom stereocenters. The Hall–Kier alpha value is -2.77. The molecule has 2 rings (SSSR count). The van der Waals surface area contributed by atoms with Crippen molar-refractivity contribution >= 4 is 17.9 Å². The van der Waals surface area contributed by atoms with Gasteiger partial charge in [0.15, 0.2) is 11.5 Å². The number of nitrogens with two attached hydrogens (primary N) is 1. The van der Waals surface area contributed by atoms with Crippen LogP contribution in [0, 0.1) is 0 Å². The minimum Gasteiger partial charge on any atom is -0.504 e. The van der Waals surface area contributed by atoms with Crippen LogP contribution in [-0.4, -0.2) is 28.7 Å². The number of nitrogen functional groups attached to an aromatic ring is 1. The number of methoxy groups -OCH3 is 1. The topological polar surface area (TPSA) is 119 Å². The van der Waals surface area contributed by atoms with Gasteiger partial charge in [-0.1, -0.05) is 0 Å². The number of aromatic hydroxyl groups is 1. The smallest absolute Gasteiger partial charge is 0.235 e. The largest absolute Gasteiger partial charge is 0.504 e. The van der Waals surface area contributed by atoms with Gasteiger partial charge in [0.1, 0.15) is 0 Å². The summed E-state index contributed by atoms with van der Waals surface area (Å²) >= 11 is 0. The van der Waals surface area contributed by atoms with Crippen LogP contribution in [0.3, 0.4) is 0 Å². The summed E-state index contributed by atoms with van der Waals surface area (Å²) in [7, 11) is 1.47. The van der Waals surface area contributed by atoms with Gasteiger partial charge in [-0.2, -0.15) is 5.10 Å². The second kappa shape index (κ2) is 5.04. The number of ether oxygens (including phenoxy) is 1. The minimum absolute atomic E-state index is 0.0626. The van der Waals surface area contributed by atoms with Gasteiger partial charge in [0.25, 0.3) is 0 Å². The standard InChI is InChI=1S/C10H11N5O3/c1-17-8-4-6(2-3-7(8)16)5-12-13-10-9(11)14-18-15-10/h2-5,16H,1H3,(H2,11,14)(H,13,15)/b12-5+. The number of phenolic OH excluding ortho intramolecular Hbond substituents is 1. The summed E-state index contributed by atoms with van der Waals surface area (Å²) in [6, 6.07) is 4.81.